The van der Waals surface area contributed by atoms with E-state index in [4.69, 9.17) is 10.2 Å². The van der Waals surface area contributed by atoms with Crippen molar-refractivity contribution in [2.75, 3.05) is 68.4 Å². The van der Waals surface area contributed by atoms with Crippen molar-refractivity contribution in [2.45, 2.75) is 19.8 Å². The van der Waals surface area contributed by atoms with Crippen molar-refractivity contribution in [3.05, 3.63) is 48.2 Å². The summed E-state index contributed by atoms with van der Waals surface area (Å²) in [6.45, 7) is 7.77. The lowest BCUT2D eigenvalue weighted by atomic mass is 9.99. The number of nitrogens with zero attached hydrogens (tertiary/aromatic N) is 5. The number of hydrogen-bond donors (Lipinski definition) is 4. The van der Waals surface area contributed by atoms with Crippen molar-refractivity contribution in [3.8, 4) is 11.8 Å². The van der Waals surface area contributed by atoms with Crippen LogP contribution in [0.15, 0.2) is 42.5 Å². The number of phenols is 1. The lowest BCUT2D eigenvalue weighted by Crippen LogP contribution is -2.44. The molecular weight excluding hydrogens is 480 g/mol. The second-order valence-corrected chi connectivity index (χ2v) is 9.72. The van der Waals surface area contributed by atoms with E-state index in [0.717, 1.165) is 62.4 Å². The Balaban J connectivity index is 0.00000107. The molecule has 1 atom stereocenters. The van der Waals surface area contributed by atoms with Gasteiger partial charge in [0.2, 0.25) is 5.95 Å². The summed E-state index contributed by atoms with van der Waals surface area (Å²) in [6.07, 6.45) is 2.36. The second kappa shape index (κ2) is 13.0. The van der Waals surface area contributed by atoms with Crippen LogP contribution in [0.4, 0.5) is 17.5 Å². The number of nitriles is 1. The van der Waals surface area contributed by atoms with Crippen LogP contribution in [0, 0.1) is 17.2 Å². The largest absolute Gasteiger partial charge is 0.508 e. The quantitative estimate of drug-likeness (QED) is 0.390. The molecular formula is C28H36N8O2. The van der Waals surface area contributed by atoms with Gasteiger partial charge in [-0.15, -0.1) is 0 Å². The molecule has 1 unspecified atom stereocenters. The summed E-state index contributed by atoms with van der Waals surface area (Å²) in [5.41, 5.74) is 0.844. The summed E-state index contributed by atoms with van der Waals surface area (Å²) < 4.78 is 0. The molecule has 4 N–H and O–H groups in total. The number of phenolic OH excluding ortho intramolecular Hbond substituents is 1. The summed E-state index contributed by atoms with van der Waals surface area (Å²) in [5.74, 6) is 1.51. The molecule has 3 aromatic rings. The van der Waals surface area contributed by atoms with Crippen molar-refractivity contribution in [1.82, 2.24) is 20.2 Å². The highest BCUT2D eigenvalue weighted by Gasteiger charge is 2.21. The minimum atomic E-state index is -0.333. The number of piperidine rings is 1. The lowest BCUT2D eigenvalue weighted by Gasteiger charge is -2.30. The molecule has 0 saturated carbocycles. The predicted molar refractivity (Wildman–Crippen MR) is 151 cm³/mol. The number of benzene rings is 2. The molecule has 3 heterocycles. The fourth-order valence-electron chi connectivity index (χ4n) is 4.95. The molecule has 1 aromatic heterocycles. The number of carbonyl (C=O) groups is 1. The van der Waals surface area contributed by atoms with E-state index in [9.17, 15) is 9.90 Å². The monoisotopic (exact) mass is 516 g/mol. The van der Waals surface area contributed by atoms with E-state index in [2.05, 4.69) is 37.8 Å². The number of anilines is 3. The van der Waals surface area contributed by atoms with Gasteiger partial charge in [0.25, 0.3) is 5.91 Å². The van der Waals surface area contributed by atoms with E-state index in [0.29, 0.717) is 23.2 Å². The minimum absolute atomic E-state index is 0.1000. The highest BCUT2D eigenvalue weighted by Crippen LogP contribution is 2.29. The van der Waals surface area contributed by atoms with Crippen LogP contribution in [0.25, 0.3) is 10.8 Å². The van der Waals surface area contributed by atoms with E-state index >= 15 is 0 Å². The number of aromatic nitrogens is 2. The van der Waals surface area contributed by atoms with Crippen molar-refractivity contribution in [1.29, 1.82) is 5.26 Å². The number of likely N-dealkylation sites (tertiary alicyclic amines) is 1. The maximum Gasteiger partial charge on any atom is 0.274 e. The molecule has 0 radical (unpaired) electrons. The summed E-state index contributed by atoms with van der Waals surface area (Å²) >= 11 is 0. The third-order valence-corrected chi connectivity index (χ3v) is 6.75. The molecule has 5 rings (SSSR count). The minimum Gasteiger partial charge on any atom is -0.508 e. The van der Waals surface area contributed by atoms with Crippen molar-refractivity contribution in [3.63, 3.8) is 0 Å². The Labute approximate surface area is 223 Å². The van der Waals surface area contributed by atoms with Gasteiger partial charge in [0, 0.05) is 63.7 Å². The zero-order valence-corrected chi connectivity index (χ0v) is 22.1. The van der Waals surface area contributed by atoms with Gasteiger partial charge in [-0.1, -0.05) is 24.3 Å². The van der Waals surface area contributed by atoms with Gasteiger partial charge in [0.05, 0.1) is 11.8 Å². The molecule has 38 heavy (non-hydrogen) atoms. The zero-order chi connectivity index (χ0) is 26.9. The standard InChI is InChI=1S/C26H33N7O2.C2H3N/c1-32-10-4-5-18(17-32)16-28-26-30-23(15-24(31-26)33-11-8-27-9-12-33)25(35)29-22-14-20(34)13-19-6-2-3-7-21(19)22;1-2-3/h2-3,6-7,13-15,18,27,34H,4-5,8-12,16-17H2,1H3,(H,29,35)(H,28,30,31);1H3. The summed E-state index contributed by atoms with van der Waals surface area (Å²) in [7, 11) is 2.15. The number of hydrogen-bond acceptors (Lipinski definition) is 9. The van der Waals surface area contributed by atoms with Crippen LogP contribution in [0.3, 0.4) is 0 Å². The SMILES string of the molecule is CC#N.CN1CCCC(CNc2nc(C(=O)Nc3cc(O)cc4ccccc34)cc(N3CCNCC3)n2)C1. The number of piperazine rings is 1. The Hall–Kier alpha value is -3.94. The highest BCUT2D eigenvalue weighted by molar-refractivity contribution is 6.09. The second-order valence-electron chi connectivity index (χ2n) is 9.72. The van der Waals surface area contributed by atoms with Crippen molar-refractivity contribution >= 4 is 34.1 Å². The highest BCUT2D eigenvalue weighted by atomic mass is 16.3. The Morgan fingerprint density at radius 2 is 1.95 bits per heavy atom. The van der Waals surface area contributed by atoms with Gasteiger partial charge in [0.15, 0.2) is 0 Å². The van der Waals surface area contributed by atoms with E-state index in [1.807, 2.05) is 24.3 Å². The summed E-state index contributed by atoms with van der Waals surface area (Å²) in [4.78, 5) is 27.2. The summed E-state index contributed by atoms with van der Waals surface area (Å²) in [5, 5.41) is 28.9. The first-order valence-corrected chi connectivity index (χ1v) is 13.1. The van der Waals surface area contributed by atoms with Crippen LogP contribution < -0.4 is 20.9 Å². The van der Waals surface area contributed by atoms with Crippen LogP contribution >= 0.6 is 0 Å². The van der Waals surface area contributed by atoms with Gasteiger partial charge >= 0.3 is 0 Å². The Morgan fingerprint density at radius 3 is 2.71 bits per heavy atom. The fourth-order valence-corrected chi connectivity index (χ4v) is 4.95. The normalized spacial score (nSPS) is 17.7. The maximum absolute atomic E-state index is 13.4. The number of amides is 1. The first kappa shape index (κ1) is 27.1. The lowest BCUT2D eigenvalue weighted by molar-refractivity contribution is 0.102. The smallest absolute Gasteiger partial charge is 0.274 e. The van der Waals surface area contributed by atoms with E-state index in [1.165, 1.54) is 19.8 Å². The first-order chi connectivity index (χ1) is 18.5. The molecule has 2 saturated heterocycles. The Morgan fingerprint density at radius 1 is 1.18 bits per heavy atom. The average molecular weight is 517 g/mol. The van der Waals surface area contributed by atoms with Gasteiger partial charge in [-0.25, -0.2) is 4.98 Å². The molecule has 2 aromatic carbocycles. The van der Waals surface area contributed by atoms with Crippen LogP contribution in [0.1, 0.15) is 30.3 Å². The first-order valence-electron chi connectivity index (χ1n) is 13.1. The molecule has 0 aliphatic carbocycles. The number of aromatic hydroxyl groups is 1. The van der Waals surface area contributed by atoms with Crippen LogP contribution in [-0.4, -0.2) is 78.7 Å². The van der Waals surface area contributed by atoms with Gasteiger partial charge in [-0.2, -0.15) is 10.2 Å². The summed E-state index contributed by atoms with van der Waals surface area (Å²) in [6, 6.07) is 14.4. The Bertz CT molecular complexity index is 1290. The van der Waals surface area contributed by atoms with Gasteiger partial charge in [-0.05, 0) is 43.8 Å². The van der Waals surface area contributed by atoms with Crippen LogP contribution in [-0.2, 0) is 0 Å². The maximum atomic E-state index is 13.4. The van der Waals surface area contributed by atoms with Crippen LogP contribution in [0.5, 0.6) is 5.75 Å². The van der Waals surface area contributed by atoms with E-state index in [1.54, 1.807) is 24.3 Å². The van der Waals surface area contributed by atoms with Gasteiger partial charge in [0.1, 0.15) is 17.3 Å². The van der Waals surface area contributed by atoms with Crippen LogP contribution in [0.2, 0.25) is 0 Å². The molecule has 10 nitrogen and oxygen atoms in total. The Kier molecular flexibility index (Phi) is 9.30. The van der Waals surface area contributed by atoms with Gasteiger partial charge < -0.3 is 30.9 Å². The molecule has 0 bridgehead atoms. The zero-order valence-electron chi connectivity index (χ0n) is 22.1. The van der Waals surface area contributed by atoms with Crippen molar-refractivity contribution in [2.24, 2.45) is 5.92 Å². The molecule has 2 fully saturated rings. The molecule has 10 heteroatoms. The number of rotatable bonds is 6. The topological polar surface area (TPSA) is 129 Å². The molecule has 1 amide bonds. The van der Waals surface area contributed by atoms with E-state index < -0.39 is 0 Å². The average Bonchev–Trinajstić information content (AvgIpc) is 2.92. The van der Waals surface area contributed by atoms with Crippen molar-refractivity contribution < 1.29 is 9.90 Å². The third-order valence-electron chi connectivity index (χ3n) is 6.75. The van der Waals surface area contributed by atoms with Gasteiger partial charge in [-0.3, -0.25) is 4.79 Å². The predicted octanol–water partition coefficient (Wildman–Crippen LogP) is 3.28. The number of fused-ring (bicyclic) bond motifs is 1. The molecule has 2 aliphatic heterocycles. The van der Waals surface area contributed by atoms with E-state index in [-0.39, 0.29) is 11.7 Å². The third kappa shape index (κ3) is 7.09. The molecule has 0 spiro atoms. The molecule has 200 valence electrons. The molecule has 2 aliphatic rings. The fraction of sp³-hybridized carbons (Fsp3) is 0.429. The number of nitrogens with one attached hydrogen (secondary N) is 3. The number of carbonyl (C=O) groups excluding carboxylic acids is 1.